The minimum atomic E-state index is -3.71. The SMILES string of the molecule is Cc1ccc(S(C)(=O)=O)cc1S(=O)(=O)NCCCCN.Cl. The van der Waals surface area contributed by atoms with E-state index in [1.54, 1.807) is 6.92 Å². The largest absolute Gasteiger partial charge is 0.330 e. The van der Waals surface area contributed by atoms with E-state index < -0.39 is 19.9 Å². The number of hydrogen-bond donors (Lipinski definition) is 2. The molecule has 1 aromatic carbocycles. The molecule has 0 saturated carbocycles. The van der Waals surface area contributed by atoms with Gasteiger partial charge in [-0.1, -0.05) is 6.07 Å². The van der Waals surface area contributed by atoms with Gasteiger partial charge < -0.3 is 5.73 Å². The summed E-state index contributed by atoms with van der Waals surface area (Å²) in [5.41, 5.74) is 5.84. The number of nitrogens with two attached hydrogens (primary N) is 1. The number of nitrogens with one attached hydrogen (secondary N) is 1. The molecule has 3 N–H and O–H groups in total. The van der Waals surface area contributed by atoms with Crippen molar-refractivity contribution in [3.8, 4) is 0 Å². The summed E-state index contributed by atoms with van der Waals surface area (Å²) in [6, 6.07) is 4.08. The van der Waals surface area contributed by atoms with E-state index in [9.17, 15) is 16.8 Å². The molecule has 0 radical (unpaired) electrons. The molecule has 0 spiro atoms. The lowest BCUT2D eigenvalue weighted by Crippen LogP contribution is -2.26. The first-order chi connectivity index (χ1) is 9.18. The predicted octanol–water partition coefficient (Wildman–Crippen LogP) is 0.838. The van der Waals surface area contributed by atoms with Crippen molar-refractivity contribution >= 4 is 32.3 Å². The maximum absolute atomic E-state index is 12.2. The Bertz CT molecular complexity index is 672. The summed E-state index contributed by atoms with van der Waals surface area (Å²) in [5, 5.41) is 0. The average molecular weight is 357 g/mol. The van der Waals surface area contributed by atoms with Gasteiger partial charge in [0.05, 0.1) is 9.79 Å². The maximum Gasteiger partial charge on any atom is 0.240 e. The molecular formula is C12H21ClN2O4S2. The van der Waals surface area contributed by atoms with Crippen LogP contribution in [0.3, 0.4) is 0 Å². The fraction of sp³-hybridized carbons (Fsp3) is 0.500. The second kappa shape index (κ2) is 8.09. The highest BCUT2D eigenvalue weighted by Crippen LogP contribution is 2.20. The van der Waals surface area contributed by atoms with Gasteiger partial charge in [0.15, 0.2) is 9.84 Å². The first-order valence-corrected chi connectivity index (χ1v) is 9.56. The van der Waals surface area contributed by atoms with Crippen LogP contribution in [0.2, 0.25) is 0 Å². The van der Waals surface area contributed by atoms with Crippen LogP contribution in [0.25, 0.3) is 0 Å². The molecule has 0 aromatic heterocycles. The lowest BCUT2D eigenvalue weighted by Gasteiger charge is -2.10. The van der Waals surface area contributed by atoms with Crippen molar-refractivity contribution in [2.75, 3.05) is 19.3 Å². The molecule has 21 heavy (non-hydrogen) atoms. The predicted molar refractivity (Wildman–Crippen MR) is 85.0 cm³/mol. The van der Waals surface area contributed by atoms with Crippen LogP contribution in [0.4, 0.5) is 0 Å². The molecule has 0 aliphatic heterocycles. The molecule has 1 rings (SSSR count). The number of unbranched alkanes of at least 4 members (excludes halogenated alkanes) is 1. The molecule has 0 bridgehead atoms. The van der Waals surface area contributed by atoms with E-state index in [0.29, 0.717) is 18.5 Å². The van der Waals surface area contributed by atoms with E-state index in [1.165, 1.54) is 18.2 Å². The van der Waals surface area contributed by atoms with Gasteiger partial charge in [-0.15, -0.1) is 12.4 Å². The molecule has 6 nitrogen and oxygen atoms in total. The summed E-state index contributed by atoms with van der Waals surface area (Å²) < 4.78 is 49.8. The average Bonchev–Trinajstić information content (AvgIpc) is 2.33. The van der Waals surface area contributed by atoms with E-state index in [2.05, 4.69) is 4.72 Å². The van der Waals surface area contributed by atoms with Gasteiger partial charge in [0.2, 0.25) is 10.0 Å². The monoisotopic (exact) mass is 356 g/mol. The van der Waals surface area contributed by atoms with Crippen molar-refractivity contribution in [1.82, 2.24) is 4.72 Å². The Labute approximate surface area is 132 Å². The Morgan fingerprint density at radius 1 is 1.14 bits per heavy atom. The molecule has 1 aromatic rings. The molecule has 0 atom stereocenters. The quantitative estimate of drug-likeness (QED) is 0.704. The van der Waals surface area contributed by atoms with Crippen molar-refractivity contribution in [2.45, 2.75) is 29.6 Å². The molecule has 0 aliphatic rings. The highest BCUT2D eigenvalue weighted by Gasteiger charge is 2.19. The lowest BCUT2D eigenvalue weighted by atomic mass is 10.2. The molecular weight excluding hydrogens is 336 g/mol. The molecule has 0 aliphatic carbocycles. The zero-order valence-corrected chi connectivity index (χ0v) is 14.4. The first-order valence-electron chi connectivity index (χ1n) is 6.19. The summed E-state index contributed by atoms with van der Waals surface area (Å²) in [6.45, 7) is 2.41. The molecule has 0 heterocycles. The van der Waals surface area contributed by atoms with Crippen molar-refractivity contribution in [3.63, 3.8) is 0 Å². The van der Waals surface area contributed by atoms with Crippen LogP contribution in [-0.2, 0) is 19.9 Å². The van der Waals surface area contributed by atoms with Gasteiger partial charge >= 0.3 is 0 Å². The van der Waals surface area contributed by atoms with Gasteiger partial charge in [-0.2, -0.15) is 0 Å². The number of halogens is 1. The fourth-order valence-corrected chi connectivity index (χ4v) is 3.72. The second-order valence-corrected chi connectivity index (χ2v) is 8.34. The molecule has 122 valence electrons. The van der Waals surface area contributed by atoms with E-state index in [1.807, 2.05) is 0 Å². The van der Waals surface area contributed by atoms with Crippen LogP contribution >= 0.6 is 12.4 Å². The van der Waals surface area contributed by atoms with Crippen LogP contribution in [0.15, 0.2) is 28.0 Å². The van der Waals surface area contributed by atoms with Gasteiger partial charge in [-0.05, 0) is 44.0 Å². The van der Waals surface area contributed by atoms with E-state index in [4.69, 9.17) is 5.73 Å². The van der Waals surface area contributed by atoms with Gasteiger partial charge in [0.25, 0.3) is 0 Å². The van der Waals surface area contributed by atoms with Crippen LogP contribution in [0.5, 0.6) is 0 Å². The zero-order valence-electron chi connectivity index (χ0n) is 12.0. The summed E-state index contributed by atoms with van der Waals surface area (Å²) in [7, 11) is -7.15. The summed E-state index contributed by atoms with van der Waals surface area (Å²) in [4.78, 5) is -0.0152. The van der Waals surface area contributed by atoms with Gasteiger partial charge in [0, 0.05) is 12.8 Å². The van der Waals surface area contributed by atoms with Crippen LogP contribution in [0.1, 0.15) is 18.4 Å². The summed E-state index contributed by atoms with van der Waals surface area (Å²) in [6.07, 6.45) is 2.41. The minimum Gasteiger partial charge on any atom is -0.330 e. The zero-order chi connectivity index (χ0) is 15.4. The third kappa shape index (κ3) is 5.91. The van der Waals surface area contributed by atoms with Crippen molar-refractivity contribution < 1.29 is 16.8 Å². The number of benzene rings is 1. The molecule has 9 heteroatoms. The molecule has 0 fully saturated rings. The molecule has 0 saturated heterocycles. The van der Waals surface area contributed by atoms with Crippen molar-refractivity contribution in [3.05, 3.63) is 23.8 Å². The number of rotatable bonds is 7. The highest BCUT2D eigenvalue weighted by molar-refractivity contribution is 7.91. The molecule has 0 unspecified atom stereocenters. The second-order valence-electron chi connectivity index (χ2n) is 4.59. The van der Waals surface area contributed by atoms with E-state index >= 15 is 0 Å². The standard InChI is InChI=1S/C12H20N2O4S2.ClH/c1-10-5-6-11(19(2,15)16)9-12(10)20(17,18)14-8-4-3-7-13;/h5-6,9,14H,3-4,7-8,13H2,1-2H3;1H. The van der Waals surface area contributed by atoms with Gasteiger partial charge in [0.1, 0.15) is 0 Å². The summed E-state index contributed by atoms with van der Waals surface area (Å²) >= 11 is 0. The van der Waals surface area contributed by atoms with Crippen molar-refractivity contribution in [1.29, 1.82) is 0 Å². The third-order valence-electron chi connectivity index (χ3n) is 2.80. The number of hydrogen-bond acceptors (Lipinski definition) is 5. The van der Waals surface area contributed by atoms with Crippen LogP contribution in [-0.4, -0.2) is 36.2 Å². The Kier molecular flexibility index (Phi) is 7.83. The minimum absolute atomic E-state index is 0. The highest BCUT2D eigenvalue weighted by atomic mass is 35.5. The van der Waals surface area contributed by atoms with Crippen LogP contribution < -0.4 is 10.5 Å². The number of sulfone groups is 1. The summed E-state index contributed by atoms with van der Waals surface area (Å²) in [5.74, 6) is 0. The van der Waals surface area contributed by atoms with Gasteiger partial charge in [-0.25, -0.2) is 21.6 Å². The van der Waals surface area contributed by atoms with Crippen molar-refractivity contribution in [2.24, 2.45) is 5.73 Å². The first kappa shape index (κ1) is 20.3. The number of sulfonamides is 1. The third-order valence-corrected chi connectivity index (χ3v) is 5.51. The fourth-order valence-electron chi connectivity index (χ4n) is 1.65. The Hall–Kier alpha value is -0.670. The van der Waals surface area contributed by atoms with E-state index in [-0.39, 0.29) is 28.7 Å². The number of aryl methyl sites for hydroxylation is 1. The van der Waals surface area contributed by atoms with Crippen LogP contribution in [0, 0.1) is 6.92 Å². The topological polar surface area (TPSA) is 106 Å². The normalized spacial score (nSPS) is 12.0. The molecule has 0 amide bonds. The lowest BCUT2D eigenvalue weighted by molar-refractivity contribution is 0.576. The smallest absolute Gasteiger partial charge is 0.240 e. The Morgan fingerprint density at radius 3 is 2.29 bits per heavy atom. The van der Waals surface area contributed by atoms with E-state index in [0.717, 1.165) is 12.7 Å². The van der Waals surface area contributed by atoms with Gasteiger partial charge in [-0.3, -0.25) is 0 Å². The maximum atomic E-state index is 12.2. The Morgan fingerprint density at radius 2 is 1.76 bits per heavy atom. The Balaban J connectivity index is 0.00000400.